The predicted molar refractivity (Wildman–Crippen MR) is 112 cm³/mol. The van der Waals surface area contributed by atoms with E-state index in [1.807, 2.05) is 0 Å². The highest BCUT2D eigenvalue weighted by molar-refractivity contribution is 6.04. The molecule has 2 amide bonds. The summed E-state index contributed by atoms with van der Waals surface area (Å²) in [6.07, 6.45) is 9.67. The molecule has 0 spiro atoms. The van der Waals surface area contributed by atoms with Crippen LogP contribution in [0.1, 0.15) is 37.0 Å². The van der Waals surface area contributed by atoms with E-state index in [0.717, 1.165) is 25.7 Å². The van der Waals surface area contributed by atoms with Gasteiger partial charge < -0.3 is 14.6 Å². The summed E-state index contributed by atoms with van der Waals surface area (Å²) in [7, 11) is 0. The van der Waals surface area contributed by atoms with Crippen LogP contribution in [0.2, 0.25) is 0 Å². The number of carbonyl (C=O) groups excluding carboxylic acids is 2. The Morgan fingerprint density at radius 2 is 1.87 bits per heavy atom. The molecule has 0 atom stereocenters. The molecule has 1 aliphatic heterocycles. The second-order valence-corrected chi connectivity index (χ2v) is 6.95. The SMILES string of the molecule is O=C(/C=C/c1ccco1)N/C(=C\c1cccc([N+](=O)[O-])c1)C(=O)N1CCCCCC1. The largest absolute Gasteiger partial charge is 0.465 e. The lowest BCUT2D eigenvalue weighted by Gasteiger charge is -2.22. The van der Waals surface area contributed by atoms with Gasteiger partial charge in [0, 0.05) is 31.3 Å². The fourth-order valence-corrected chi connectivity index (χ4v) is 3.21. The zero-order valence-corrected chi connectivity index (χ0v) is 16.5. The molecule has 0 saturated carbocycles. The third kappa shape index (κ3) is 5.91. The third-order valence-corrected chi connectivity index (χ3v) is 4.72. The molecule has 1 N–H and O–H groups in total. The van der Waals surface area contributed by atoms with E-state index in [0.29, 0.717) is 24.4 Å². The van der Waals surface area contributed by atoms with Crippen LogP contribution >= 0.6 is 0 Å². The number of hydrogen-bond acceptors (Lipinski definition) is 5. The van der Waals surface area contributed by atoms with E-state index in [2.05, 4.69) is 5.32 Å². The first-order valence-electron chi connectivity index (χ1n) is 9.81. The monoisotopic (exact) mass is 409 g/mol. The predicted octanol–water partition coefficient (Wildman–Crippen LogP) is 3.76. The molecule has 30 heavy (non-hydrogen) atoms. The number of nitro groups is 1. The highest BCUT2D eigenvalue weighted by atomic mass is 16.6. The number of carbonyl (C=O) groups is 2. The average molecular weight is 409 g/mol. The highest BCUT2D eigenvalue weighted by Crippen LogP contribution is 2.17. The van der Waals surface area contributed by atoms with Crippen molar-refractivity contribution in [1.82, 2.24) is 10.2 Å². The van der Waals surface area contributed by atoms with Crippen LogP contribution in [0.5, 0.6) is 0 Å². The summed E-state index contributed by atoms with van der Waals surface area (Å²) in [6.45, 7) is 1.23. The molecule has 8 nitrogen and oxygen atoms in total. The minimum atomic E-state index is -0.502. The van der Waals surface area contributed by atoms with Gasteiger partial charge in [0.05, 0.1) is 11.2 Å². The Morgan fingerprint density at radius 3 is 2.53 bits per heavy atom. The molecule has 0 radical (unpaired) electrons. The number of non-ortho nitro benzene ring substituents is 1. The molecule has 1 saturated heterocycles. The first-order chi connectivity index (χ1) is 14.5. The van der Waals surface area contributed by atoms with Crippen molar-refractivity contribution in [1.29, 1.82) is 0 Å². The Bertz CT molecular complexity index is 955. The zero-order chi connectivity index (χ0) is 21.3. The van der Waals surface area contributed by atoms with E-state index in [1.165, 1.54) is 42.7 Å². The molecule has 0 bridgehead atoms. The van der Waals surface area contributed by atoms with E-state index < -0.39 is 10.8 Å². The molecule has 1 aromatic carbocycles. The Labute approximate surface area is 174 Å². The molecular formula is C22H23N3O5. The Hall–Kier alpha value is -3.68. The van der Waals surface area contributed by atoms with Gasteiger partial charge in [-0.25, -0.2) is 0 Å². The van der Waals surface area contributed by atoms with Crippen LogP contribution < -0.4 is 5.32 Å². The number of nitrogens with zero attached hydrogens (tertiary/aromatic N) is 2. The molecule has 156 valence electrons. The zero-order valence-electron chi connectivity index (χ0n) is 16.5. The van der Waals surface area contributed by atoms with Gasteiger partial charge in [0.2, 0.25) is 5.91 Å². The number of nitro benzene ring substituents is 1. The van der Waals surface area contributed by atoms with E-state index in [1.54, 1.807) is 23.1 Å². The molecule has 2 heterocycles. The van der Waals surface area contributed by atoms with E-state index in [-0.39, 0.29) is 17.3 Å². The van der Waals surface area contributed by atoms with Crippen molar-refractivity contribution in [2.75, 3.05) is 13.1 Å². The van der Waals surface area contributed by atoms with Crippen molar-refractivity contribution in [3.8, 4) is 0 Å². The first-order valence-corrected chi connectivity index (χ1v) is 9.81. The summed E-state index contributed by atoms with van der Waals surface area (Å²) >= 11 is 0. The molecule has 2 aromatic rings. The third-order valence-electron chi connectivity index (χ3n) is 4.72. The van der Waals surface area contributed by atoms with Crippen molar-refractivity contribution >= 4 is 29.7 Å². The van der Waals surface area contributed by atoms with Gasteiger partial charge in [0.15, 0.2) is 0 Å². The minimum Gasteiger partial charge on any atom is -0.465 e. The fourth-order valence-electron chi connectivity index (χ4n) is 3.21. The number of nitrogens with one attached hydrogen (secondary N) is 1. The van der Waals surface area contributed by atoms with E-state index in [9.17, 15) is 19.7 Å². The Kier molecular flexibility index (Phi) is 7.15. The second kappa shape index (κ2) is 10.2. The summed E-state index contributed by atoms with van der Waals surface area (Å²) in [4.78, 5) is 37.8. The van der Waals surface area contributed by atoms with Crippen molar-refractivity contribution < 1.29 is 18.9 Å². The summed E-state index contributed by atoms with van der Waals surface area (Å²) < 4.78 is 5.16. The maximum atomic E-state index is 13.1. The molecule has 1 aromatic heterocycles. The van der Waals surface area contributed by atoms with Crippen LogP contribution in [0.3, 0.4) is 0 Å². The standard InChI is InChI=1S/C22H23N3O5/c26-21(11-10-19-9-6-14-30-19)23-20(22(27)24-12-3-1-2-4-13-24)16-17-7-5-8-18(15-17)25(28)29/h5-11,14-16H,1-4,12-13H2,(H,23,26)/b11-10+,20-16-. The topological polar surface area (TPSA) is 106 Å². The van der Waals surface area contributed by atoms with Gasteiger partial charge in [0.25, 0.3) is 11.6 Å². The Balaban J connectivity index is 1.85. The van der Waals surface area contributed by atoms with Gasteiger partial charge in [-0.15, -0.1) is 0 Å². The van der Waals surface area contributed by atoms with Crippen LogP contribution in [-0.4, -0.2) is 34.7 Å². The lowest BCUT2D eigenvalue weighted by Crippen LogP contribution is -2.38. The van der Waals surface area contributed by atoms with Crippen LogP contribution in [0.4, 0.5) is 5.69 Å². The van der Waals surface area contributed by atoms with Gasteiger partial charge in [-0.2, -0.15) is 0 Å². The highest BCUT2D eigenvalue weighted by Gasteiger charge is 2.21. The van der Waals surface area contributed by atoms with Crippen molar-refractivity contribution in [2.24, 2.45) is 0 Å². The first kappa shape index (κ1) is 21.0. The number of rotatable bonds is 6. The van der Waals surface area contributed by atoms with Crippen LogP contribution in [0, 0.1) is 10.1 Å². The Morgan fingerprint density at radius 1 is 1.10 bits per heavy atom. The van der Waals surface area contributed by atoms with Gasteiger partial charge >= 0.3 is 0 Å². The molecule has 1 fully saturated rings. The van der Waals surface area contributed by atoms with Crippen molar-refractivity contribution in [2.45, 2.75) is 25.7 Å². The molecule has 1 aliphatic rings. The fraction of sp³-hybridized carbons (Fsp3) is 0.273. The number of furan rings is 1. The van der Waals surface area contributed by atoms with Crippen LogP contribution in [0.25, 0.3) is 12.2 Å². The van der Waals surface area contributed by atoms with Crippen LogP contribution in [0.15, 0.2) is 58.9 Å². The number of amides is 2. The molecule has 0 unspecified atom stereocenters. The van der Waals surface area contributed by atoms with Crippen molar-refractivity contribution in [3.05, 3.63) is 75.9 Å². The summed E-state index contributed by atoms with van der Waals surface area (Å²) in [5, 5.41) is 13.7. The lowest BCUT2D eigenvalue weighted by atomic mass is 10.1. The van der Waals surface area contributed by atoms with E-state index in [4.69, 9.17) is 4.42 Å². The molecular weight excluding hydrogens is 386 g/mol. The lowest BCUT2D eigenvalue weighted by molar-refractivity contribution is -0.384. The molecule has 8 heteroatoms. The van der Waals surface area contributed by atoms with Gasteiger partial charge in [-0.1, -0.05) is 25.0 Å². The van der Waals surface area contributed by atoms with Gasteiger partial charge in [0.1, 0.15) is 11.5 Å². The second-order valence-electron chi connectivity index (χ2n) is 6.95. The maximum Gasteiger partial charge on any atom is 0.270 e. The normalized spacial score (nSPS) is 15.1. The average Bonchev–Trinajstić information content (AvgIpc) is 3.12. The molecule has 3 rings (SSSR count). The van der Waals surface area contributed by atoms with Gasteiger partial charge in [-0.05, 0) is 42.7 Å². The smallest absolute Gasteiger partial charge is 0.270 e. The maximum absolute atomic E-state index is 13.1. The van der Waals surface area contributed by atoms with Crippen molar-refractivity contribution in [3.63, 3.8) is 0 Å². The summed E-state index contributed by atoms with van der Waals surface area (Å²) in [5.74, 6) is -0.289. The van der Waals surface area contributed by atoms with E-state index >= 15 is 0 Å². The minimum absolute atomic E-state index is 0.0755. The van der Waals surface area contributed by atoms with Crippen LogP contribution in [-0.2, 0) is 9.59 Å². The number of benzene rings is 1. The number of hydrogen-bond donors (Lipinski definition) is 1. The van der Waals surface area contributed by atoms with Gasteiger partial charge in [-0.3, -0.25) is 19.7 Å². The summed E-state index contributed by atoms with van der Waals surface area (Å²) in [6, 6.07) is 9.32. The quantitative estimate of drug-likeness (QED) is 0.444. The summed E-state index contributed by atoms with van der Waals surface area (Å²) in [5.41, 5.74) is 0.443. The molecule has 0 aliphatic carbocycles. The number of likely N-dealkylation sites (tertiary alicyclic amines) is 1.